The largest absolute Gasteiger partial charge is 0.461 e. The van der Waals surface area contributed by atoms with E-state index in [-0.39, 0.29) is 11.6 Å². The van der Waals surface area contributed by atoms with Gasteiger partial charge in [-0.05, 0) is 47.0 Å². The van der Waals surface area contributed by atoms with Crippen molar-refractivity contribution in [3.05, 3.63) is 0 Å². The standard InChI is InChI=1S/C15H27N5O/c1-6-9-16-12-17-13(19-14(18-12)21-11(2)3)20-10-7-8-15(20,4)5/h11H,6-10H2,1-5H3,(H,16,17,18,19). The van der Waals surface area contributed by atoms with Gasteiger partial charge >= 0.3 is 6.01 Å². The van der Waals surface area contributed by atoms with E-state index in [9.17, 15) is 0 Å². The maximum absolute atomic E-state index is 5.67. The molecular formula is C15H27N5O. The number of nitrogens with one attached hydrogen (secondary N) is 1. The fourth-order valence-electron chi connectivity index (χ4n) is 2.52. The van der Waals surface area contributed by atoms with Crippen LogP contribution >= 0.6 is 0 Å². The summed E-state index contributed by atoms with van der Waals surface area (Å²) in [5.41, 5.74) is 0.0818. The Morgan fingerprint density at radius 2 is 2.05 bits per heavy atom. The summed E-state index contributed by atoms with van der Waals surface area (Å²) in [4.78, 5) is 15.7. The van der Waals surface area contributed by atoms with Gasteiger partial charge < -0.3 is 15.0 Å². The van der Waals surface area contributed by atoms with E-state index in [1.54, 1.807) is 0 Å². The van der Waals surface area contributed by atoms with Crippen molar-refractivity contribution in [2.75, 3.05) is 23.3 Å². The zero-order valence-corrected chi connectivity index (χ0v) is 13.8. The number of aromatic nitrogens is 3. The van der Waals surface area contributed by atoms with Gasteiger partial charge in [-0.1, -0.05) is 6.92 Å². The van der Waals surface area contributed by atoms with E-state index in [1.165, 1.54) is 0 Å². The lowest BCUT2D eigenvalue weighted by Crippen LogP contribution is -2.39. The first kappa shape index (κ1) is 15.8. The first-order valence-corrected chi connectivity index (χ1v) is 7.86. The zero-order valence-electron chi connectivity index (χ0n) is 13.8. The van der Waals surface area contributed by atoms with E-state index in [0.29, 0.717) is 17.9 Å². The molecule has 6 heteroatoms. The molecule has 1 aromatic heterocycles. The molecule has 1 aliphatic heterocycles. The van der Waals surface area contributed by atoms with Gasteiger partial charge in [-0.25, -0.2) is 0 Å². The van der Waals surface area contributed by atoms with Crippen LogP contribution in [0.5, 0.6) is 6.01 Å². The van der Waals surface area contributed by atoms with Gasteiger partial charge in [-0.2, -0.15) is 15.0 Å². The summed E-state index contributed by atoms with van der Waals surface area (Å²) in [5, 5.41) is 3.23. The second-order valence-corrected chi connectivity index (χ2v) is 6.40. The third-order valence-corrected chi connectivity index (χ3v) is 3.62. The summed E-state index contributed by atoms with van der Waals surface area (Å²) >= 11 is 0. The van der Waals surface area contributed by atoms with Crippen LogP contribution < -0.4 is 15.0 Å². The third kappa shape index (κ3) is 3.95. The van der Waals surface area contributed by atoms with E-state index in [0.717, 1.165) is 32.4 Å². The highest BCUT2D eigenvalue weighted by atomic mass is 16.5. The average Bonchev–Trinajstić information content (AvgIpc) is 2.75. The van der Waals surface area contributed by atoms with Gasteiger partial charge in [0.2, 0.25) is 11.9 Å². The minimum atomic E-state index is 0.0471. The normalized spacial score (nSPS) is 17.3. The van der Waals surface area contributed by atoms with Crippen LogP contribution in [0.25, 0.3) is 0 Å². The molecule has 0 bridgehead atoms. The van der Waals surface area contributed by atoms with Crippen LogP contribution in [0, 0.1) is 0 Å². The number of hydrogen-bond donors (Lipinski definition) is 1. The summed E-state index contributed by atoms with van der Waals surface area (Å²) in [7, 11) is 0. The SMILES string of the molecule is CCCNc1nc(OC(C)C)nc(N2CCCC2(C)C)n1. The number of nitrogens with zero attached hydrogens (tertiary/aromatic N) is 4. The summed E-state index contributed by atoms with van der Waals surface area (Å²) in [5.74, 6) is 1.31. The average molecular weight is 293 g/mol. The lowest BCUT2D eigenvalue weighted by molar-refractivity contribution is 0.222. The Kier molecular flexibility index (Phi) is 4.85. The number of ether oxygens (including phenoxy) is 1. The molecule has 0 amide bonds. The molecule has 0 aromatic carbocycles. The van der Waals surface area contributed by atoms with E-state index in [2.05, 4.69) is 45.9 Å². The van der Waals surface area contributed by atoms with Crippen LogP contribution in [0.15, 0.2) is 0 Å². The van der Waals surface area contributed by atoms with Crippen molar-refractivity contribution in [3.8, 4) is 6.01 Å². The van der Waals surface area contributed by atoms with Gasteiger partial charge in [0, 0.05) is 18.6 Å². The number of anilines is 2. The summed E-state index contributed by atoms with van der Waals surface area (Å²) in [6.07, 6.45) is 3.38. The Labute approximate surface area is 127 Å². The minimum Gasteiger partial charge on any atom is -0.461 e. The molecule has 118 valence electrons. The Morgan fingerprint density at radius 3 is 2.62 bits per heavy atom. The van der Waals surface area contributed by atoms with Crippen LogP contribution in [0.4, 0.5) is 11.9 Å². The van der Waals surface area contributed by atoms with Crippen molar-refractivity contribution >= 4 is 11.9 Å². The third-order valence-electron chi connectivity index (χ3n) is 3.62. The van der Waals surface area contributed by atoms with Crippen molar-refractivity contribution < 1.29 is 4.74 Å². The fourth-order valence-corrected chi connectivity index (χ4v) is 2.52. The topological polar surface area (TPSA) is 63.2 Å². The monoisotopic (exact) mass is 293 g/mol. The molecular weight excluding hydrogens is 266 g/mol. The quantitative estimate of drug-likeness (QED) is 0.870. The first-order chi connectivity index (χ1) is 9.92. The van der Waals surface area contributed by atoms with Crippen molar-refractivity contribution in [1.29, 1.82) is 0 Å². The van der Waals surface area contributed by atoms with E-state index in [4.69, 9.17) is 4.74 Å². The molecule has 0 spiro atoms. The van der Waals surface area contributed by atoms with Crippen LogP contribution in [0.2, 0.25) is 0 Å². The molecule has 6 nitrogen and oxygen atoms in total. The molecule has 1 aliphatic rings. The molecule has 0 radical (unpaired) electrons. The molecule has 2 rings (SSSR count). The van der Waals surface area contributed by atoms with Gasteiger partial charge in [0.05, 0.1) is 6.10 Å². The van der Waals surface area contributed by atoms with Gasteiger partial charge in [-0.3, -0.25) is 0 Å². The Balaban J connectivity index is 2.30. The molecule has 1 aromatic rings. The second-order valence-electron chi connectivity index (χ2n) is 6.40. The Morgan fingerprint density at radius 1 is 1.29 bits per heavy atom. The summed E-state index contributed by atoms with van der Waals surface area (Å²) in [6, 6.07) is 0.399. The van der Waals surface area contributed by atoms with E-state index in [1.807, 2.05) is 13.8 Å². The predicted molar refractivity (Wildman–Crippen MR) is 85.0 cm³/mol. The van der Waals surface area contributed by atoms with Crippen molar-refractivity contribution in [2.45, 2.75) is 65.5 Å². The van der Waals surface area contributed by atoms with Gasteiger partial charge in [0.1, 0.15) is 0 Å². The molecule has 0 aliphatic carbocycles. The molecule has 21 heavy (non-hydrogen) atoms. The van der Waals surface area contributed by atoms with Crippen LogP contribution in [0.3, 0.4) is 0 Å². The van der Waals surface area contributed by atoms with E-state index < -0.39 is 0 Å². The maximum atomic E-state index is 5.67. The molecule has 1 saturated heterocycles. The highest BCUT2D eigenvalue weighted by molar-refractivity contribution is 5.42. The number of hydrogen-bond acceptors (Lipinski definition) is 6. The molecule has 2 heterocycles. The molecule has 0 unspecified atom stereocenters. The molecule has 1 fully saturated rings. The van der Waals surface area contributed by atoms with Crippen LogP contribution in [-0.4, -0.2) is 39.7 Å². The number of rotatable bonds is 6. The predicted octanol–water partition coefficient (Wildman–Crippen LogP) is 2.86. The fraction of sp³-hybridized carbons (Fsp3) is 0.800. The van der Waals surface area contributed by atoms with Crippen LogP contribution in [0.1, 0.15) is 53.9 Å². The van der Waals surface area contributed by atoms with Crippen LogP contribution in [-0.2, 0) is 0 Å². The van der Waals surface area contributed by atoms with Gasteiger partial charge in [0.25, 0.3) is 0 Å². The second kappa shape index (κ2) is 6.45. The molecule has 0 saturated carbocycles. The Hall–Kier alpha value is -1.59. The zero-order chi connectivity index (χ0) is 15.5. The van der Waals surface area contributed by atoms with Crippen molar-refractivity contribution in [3.63, 3.8) is 0 Å². The Bertz CT molecular complexity index is 475. The van der Waals surface area contributed by atoms with Gasteiger partial charge in [-0.15, -0.1) is 0 Å². The van der Waals surface area contributed by atoms with E-state index >= 15 is 0 Å². The lowest BCUT2D eigenvalue weighted by Gasteiger charge is -2.31. The lowest BCUT2D eigenvalue weighted by atomic mass is 10.0. The molecule has 0 atom stereocenters. The highest BCUT2D eigenvalue weighted by Gasteiger charge is 2.34. The summed E-state index contributed by atoms with van der Waals surface area (Å²) in [6.45, 7) is 12.3. The van der Waals surface area contributed by atoms with Crippen molar-refractivity contribution in [2.24, 2.45) is 0 Å². The van der Waals surface area contributed by atoms with Gasteiger partial charge in [0.15, 0.2) is 0 Å². The first-order valence-electron chi connectivity index (χ1n) is 7.86. The molecule has 1 N–H and O–H groups in total. The maximum Gasteiger partial charge on any atom is 0.323 e. The highest BCUT2D eigenvalue weighted by Crippen LogP contribution is 2.32. The van der Waals surface area contributed by atoms with Crippen molar-refractivity contribution in [1.82, 2.24) is 15.0 Å². The smallest absolute Gasteiger partial charge is 0.323 e. The minimum absolute atomic E-state index is 0.0471. The summed E-state index contributed by atoms with van der Waals surface area (Å²) < 4.78 is 5.67.